The molecule has 0 spiro atoms. The van der Waals surface area contributed by atoms with E-state index in [9.17, 15) is 4.79 Å². The maximum atomic E-state index is 12.4. The van der Waals surface area contributed by atoms with Gasteiger partial charge in [0.2, 0.25) is 17.5 Å². The Labute approximate surface area is 190 Å². The van der Waals surface area contributed by atoms with Crippen molar-refractivity contribution in [2.45, 2.75) is 20.4 Å². The molecule has 33 heavy (non-hydrogen) atoms. The minimum atomic E-state index is -0.268. The van der Waals surface area contributed by atoms with Gasteiger partial charge in [-0.15, -0.1) is 0 Å². The molecule has 2 aromatic carbocycles. The summed E-state index contributed by atoms with van der Waals surface area (Å²) in [4.78, 5) is 16.8. The number of hydrogen-bond acceptors (Lipinski definition) is 8. The molecule has 0 radical (unpaired) electrons. The van der Waals surface area contributed by atoms with Gasteiger partial charge in [-0.25, -0.2) is 4.68 Å². The van der Waals surface area contributed by atoms with Crippen molar-refractivity contribution in [1.29, 1.82) is 0 Å². The predicted molar refractivity (Wildman–Crippen MR) is 122 cm³/mol. The summed E-state index contributed by atoms with van der Waals surface area (Å²) in [6.07, 6.45) is 0. The van der Waals surface area contributed by atoms with Crippen LogP contribution in [0.3, 0.4) is 0 Å². The second-order valence-electron chi connectivity index (χ2n) is 7.44. The molecule has 4 rings (SSSR count). The summed E-state index contributed by atoms with van der Waals surface area (Å²) >= 11 is 0. The van der Waals surface area contributed by atoms with Crippen molar-refractivity contribution in [2.75, 3.05) is 21.3 Å². The van der Waals surface area contributed by atoms with Gasteiger partial charge in [0, 0.05) is 17.2 Å². The van der Waals surface area contributed by atoms with E-state index in [4.69, 9.17) is 18.7 Å². The lowest BCUT2D eigenvalue weighted by molar-refractivity contribution is 0.324. The number of benzene rings is 2. The van der Waals surface area contributed by atoms with E-state index in [2.05, 4.69) is 22.2 Å². The molecule has 2 heterocycles. The molecule has 0 N–H and O–H groups in total. The third kappa shape index (κ3) is 4.43. The first-order chi connectivity index (χ1) is 15.9. The summed E-state index contributed by atoms with van der Waals surface area (Å²) < 4.78 is 22.8. The minimum Gasteiger partial charge on any atom is -0.493 e. The Hall–Kier alpha value is -4.14. The molecular formula is C24H24N4O5. The highest BCUT2D eigenvalue weighted by molar-refractivity contribution is 5.66. The van der Waals surface area contributed by atoms with Crippen molar-refractivity contribution in [3.8, 4) is 39.9 Å². The number of aromatic nitrogens is 4. The quantitative estimate of drug-likeness (QED) is 0.422. The van der Waals surface area contributed by atoms with Crippen molar-refractivity contribution in [2.24, 2.45) is 0 Å². The highest BCUT2D eigenvalue weighted by atomic mass is 16.5. The van der Waals surface area contributed by atoms with Crippen LogP contribution < -0.4 is 19.8 Å². The number of rotatable bonds is 7. The molecule has 0 saturated carbocycles. The molecule has 0 bridgehead atoms. The summed E-state index contributed by atoms with van der Waals surface area (Å²) in [5.74, 6) is 1.97. The van der Waals surface area contributed by atoms with Crippen LogP contribution in [-0.2, 0) is 6.54 Å². The van der Waals surface area contributed by atoms with E-state index >= 15 is 0 Å². The zero-order chi connectivity index (χ0) is 23.5. The Bertz CT molecular complexity index is 1330. The highest BCUT2D eigenvalue weighted by Gasteiger charge is 2.18. The molecule has 9 nitrogen and oxygen atoms in total. The molecule has 0 amide bonds. The van der Waals surface area contributed by atoms with Gasteiger partial charge in [-0.1, -0.05) is 17.3 Å². The maximum Gasteiger partial charge on any atom is 0.267 e. The van der Waals surface area contributed by atoms with Crippen LogP contribution in [0.25, 0.3) is 22.6 Å². The summed E-state index contributed by atoms with van der Waals surface area (Å²) in [6.45, 7) is 4.13. The lowest BCUT2D eigenvalue weighted by Gasteiger charge is -2.12. The average Bonchev–Trinajstić information content (AvgIpc) is 3.29. The first-order valence-corrected chi connectivity index (χ1v) is 10.2. The Morgan fingerprint density at radius 3 is 2.24 bits per heavy atom. The van der Waals surface area contributed by atoms with Gasteiger partial charge in [0.1, 0.15) is 6.54 Å². The normalized spacial score (nSPS) is 10.8. The monoisotopic (exact) mass is 448 g/mol. The fourth-order valence-corrected chi connectivity index (χ4v) is 3.39. The van der Waals surface area contributed by atoms with Crippen molar-refractivity contribution < 1.29 is 18.7 Å². The molecule has 4 aromatic rings. The van der Waals surface area contributed by atoms with Crippen LogP contribution in [0.5, 0.6) is 17.2 Å². The maximum absolute atomic E-state index is 12.4. The Morgan fingerprint density at radius 1 is 0.879 bits per heavy atom. The smallest absolute Gasteiger partial charge is 0.267 e. The van der Waals surface area contributed by atoms with Crippen LogP contribution in [-0.4, -0.2) is 41.3 Å². The van der Waals surface area contributed by atoms with Crippen molar-refractivity contribution in [3.05, 3.63) is 69.8 Å². The second kappa shape index (κ2) is 9.15. The second-order valence-corrected chi connectivity index (χ2v) is 7.44. The molecular weight excluding hydrogens is 424 g/mol. The first kappa shape index (κ1) is 22.1. The Morgan fingerprint density at radius 2 is 1.61 bits per heavy atom. The third-order valence-corrected chi connectivity index (χ3v) is 5.35. The molecule has 0 unspecified atom stereocenters. The van der Waals surface area contributed by atoms with Crippen LogP contribution >= 0.6 is 0 Å². The molecule has 0 fully saturated rings. The van der Waals surface area contributed by atoms with E-state index in [-0.39, 0.29) is 18.0 Å². The standard InChI is InChI=1S/C24H24N4O5/c1-14-6-7-16(10-15(14)2)18-8-9-22(29)28(26-18)13-21-25-24(27-33-21)17-11-19(30-3)23(32-5)20(12-17)31-4/h6-12H,13H2,1-5H3. The summed E-state index contributed by atoms with van der Waals surface area (Å²) in [5.41, 5.74) is 4.30. The van der Waals surface area contributed by atoms with E-state index in [1.54, 1.807) is 18.2 Å². The van der Waals surface area contributed by atoms with E-state index in [0.717, 1.165) is 11.1 Å². The van der Waals surface area contributed by atoms with Crippen LogP contribution in [0.4, 0.5) is 0 Å². The van der Waals surface area contributed by atoms with Gasteiger partial charge >= 0.3 is 0 Å². The fraction of sp³-hybridized carbons (Fsp3) is 0.250. The Kier molecular flexibility index (Phi) is 6.12. The van der Waals surface area contributed by atoms with E-state index in [0.29, 0.717) is 34.3 Å². The van der Waals surface area contributed by atoms with E-state index in [1.807, 2.05) is 25.1 Å². The van der Waals surface area contributed by atoms with Gasteiger partial charge < -0.3 is 18.7 Å². The summed E-state index contributed by atoms with van der Waals surface area (Å²) in [7, 11) is 4.59. The number of ether oxygens (including phenoxy) is 3. The van der Waals surface area contributed by atoms with Gasteiger partial charge in [-0.2, -0.15) is 10.1 Å². The average molecular weight is 448 g/mol. The molecule has 0 atom stereocenters. The van der Waals surface area contributed by atoms with Gasteiger partial charge in [-0.05, 0) is 49.2 Å². The molecule has 0 aliphatic carbocycles. The molecule has 170 valence electrons. The third-order valence-electron chi connectivity index (χ3n) is 5.35. The number of hydrogen-bond donors (Lipinski definition) is 0. The summed E-state index contributed by atoms with van der Waals surface area (Å²) in [5, 5.41) is 8.53. The van der Waals surface area contributed by atoms with Crippen LogP contribution in [0, 0.1) is 13.8 Å². The fourth-order valence-electron chi connectivity index (χ4n) is 3.39. The summed E-state index contributed by atoms with van der Waals surface area (Å²) in [6, 6.07) is 12.7. The molecule has 2 aromatic heterocycles. The highest BCUT2D eigenvalue weighted by Crippen LogP contribution is 2.40. The van der Waals surface area contributed by atoms with Gasteiger partial charge in [-0.3, -0.25) is 4.79 Å². The van der Waals surface area contributed by atoms with Gasteiger partial charge in [0.25, 0.3) is 5.56 Å². The lowest BCUT2D eigenvalue weighted by Crippen LogP contribution is -2.23. The minimum absolute atomic E-state index is 0.0366. The van der Waals surface area contributed by atoms with E-state index < -0.39 is 0 Å². The SMILES string of the molecule is COc1cc(-c2noc(Cn3nc(-c4ccc(C)c(C)c4)ccc3=O)n2)cc(OC)c1OC. The number of methoxy groups -OCH3 is 3. The van der Waals surface area contributed by atoms with Crippen molar-refractivity contribution >= 4 is 0 Å². The van der Waals surface area contributed by atoms with Crippen LogP contribution in [0.2, 0.25) is 0 Å². The van der Waals surface area contributed by atoms with E-state index in [1.165, 1.54) is 37.6 Å². The number of nitrogens with zero attached hydrogens (tertiary/aromatic N) is 4. The lowest BCUT2D eigenvalue weighted by atomic mass is 10.0. The topological polar surface area (TPSA) is 102 Å². The van der Waals surface area contributed by atoms with Gasteiger partial charge in [0.15, 0.2) is 11.5 Å². The van der Waals surface area contributed by atoms with Crippen LogP contribution in [0.1, 0.15) is 17.0 Å². The predicted octanol–water partition coefficient (Wildman–Crippen LogP) is 3.65. The molecule has 0 aliphatic heterocycles. The van der Waals surface area contributed by atoms with Crippen LogP contribution in [0.15, 0.2) is 51.8 Å². The largest absolute Gasteiger partial charge is 0.493 e. The Balaban J connectivity index is 1.64. The zero-order valence-corrected chi connectivity index (χ0v) is 19.1. The molecule has 9 heteroatoms. The number of aryl methyl sites for hydroxylation is 2. The van der Waals surface area contributed by atoms with Crippen molar-refractivity contribution in [1.82, 2.24) is 19.9 Å². The zero-order valence-electron chi connectivity index (χ0n) is 19.1. The molecule has 0 saturated heterocycles. The molecule has 0 aliphatic rings. The van der Waals surface area contributed by atoms with Crippen molar-refractivity contribution in [3.63, 3.8) is 0 Å². The first-order valence-electron chi connectivity index (χ1n) is 10.2. The van der Waals surface area contributed by atoms with Gasteiger partial charge in [0.05, 0.1) is 27.0 Å².